The minimum Gasteiger partial charge on any atom is -0.480 e. The van der Waals surface area contributed by atoms with Crippen LogP contribution in [-0.2, 0) is 37.5 Å². The fourth-order valence-electron chi connectivity index (χ4n) is 4.68. The van der Waals surface area contributed by atoms with E-state index in [4.69, 9.17) is 24.8 Å². The Hall–Kier alpha value is -2.04. The van der Waals surface area contributed by atoms with Gasteiger partial charge in [-0.2, -0.15) is 0 Å². The standard InChI is InChI=1S/C35H64NO10P/c1-3-5-7-9-11-13-14-15-16-17-18-19-21-22-24-26-33(37)43-28-31(29-44-47(41,42)45-30-32(36)35(39)40)46-34(38)27-25-23-20-12-10-8-6-4-2/h21-22,24,26,31-32H,3-20,23,25,27-30,36H2,1-2H3,(H,39,40)(H,41,42)/b22-21+,26-24+/t31-,32+/m0/s1. The van der Waals surface area contributed by atoms with Crippen LogP contribution in [0.15, 0.2) is 24.3 Å². The molecule has 12 heteroatoms. The number of ether oxygens (including phenoxy) is 2. The number of nitrogens with two attached hydrogens (primary N) is 1. The predicted octanol–water partition coefficient (Wildman–Crippen LogP) is 8.33. The van der Waals surface area contributed by atoms with E-state index in [9.17, 15) is 23.8 Å². The van der Waals surface area contributed by atoms with E-state index in [2.05, 4.69) is 18.4 Å². The van der Waals surface area contributed by atoms with Crippen molar-refractivity contribution in [2.75, 3.05) is 19.8 Å². The van der Waals surface area contributed by atoms with E-state index in [1.807, 2.05) is 6.08 Å². The maximum Gasteiger partial charge on any atom is 0.472 e. The highest BCUT2D eigenvalue weighted by Gasteiger charge is 2.28. The number of phosphoric acid groups is 1. The van der Waals surface area contributed by atoms with E-state index in [0.29, 0.717) is 6.42 Å². The van der Waals surface area contributed by atoms with Crippen molar-refractivity contribution >= 4 is 25.7 Å². The lowest BCUT2D eigenvalue weighted by atomic mass is 10.1. The maximum absolute atomic E-state index is 12.4. The molecule has 0 spiro atoms. The molecule has 4 N–H and O–H groups in total. The van der Waals surface area contributed by atoms with Gasteiger partial charge in [0.1, 0.15) is 12.6 Å². The fourth-order valence-corrected chi connectivity index (χ4v) is 5.46. The van der Waals surface area contributed by atoms with E-state index in [1.165, 1.54) is 96.0 Å². The molecule has 0 aromatic rings. The average Bonchev–Trinajstić information content (AvgIpc) is 3.04. The molecule has 0 aromatic heterocycles. The largest absolute Gasteiger partial charge is 0.480 e. The van der Waals surface area contributed by atoms with Crippen molar-refractivity contribution in [3.8, 4) is 0 Å². The fraction of sp³-hybridized carbons (Fsp3) is 0.800. The molecule has 1 unspecified atom stereocenters. The molecule has 3 atom stereocenters. The van der Waals surface area contributed by atoms with Gasteiger partial charge in [0.15, 0.2) is 6.10 Å². The van der Waals surface area contributed by atoms with Gasteiger partial charge in [-0.25, -0.2) is 9.36 Å². The van der Waals surface area contributed by atoms with Crippen molar-refractivity contribution in [3.05, 3.63) is 24.3 Å². The van der Waals surface area contributed by atoms with Crippen LogP contribution in [0.5, 0.6) is 0 Å². The number of hydrogen-bond donors (Lipinski definition) is 3. The van der Waals surface area contributed by atoms with Crippen LogP contribution in [0.2, 0.25) is 0 Å². The molecule has 0 aliphatic carbocycles. The summed E-state index contributed by atoms with van der Waals surface area (Å²) < 4.78 is 32.2. The van der Waals surface area contributed by atoms with Crippen LogP contribution in [0.25, 0.3) is 0 Å². The van der Waals surface area contributed by atoms with Gasteiger partial charge in [-0.3, -0.25) is 18.6 Å². The Morgan fingerprint density at radius 1 is 0.702 bits per heavy atom. The van der Waals surface area contributed by atoms with Gasteiger partial charge in [-0.05, 0) is 19.3 Å². The number of unbranched alkanes of at least 4 members (excludes halogenated alkanes) is 18. The quantitative estimate of drug-likeness (QED) is 0.0199. The first-order valence-electron chi connectivity index (χ1n) is 17.9. The first kappa shape index (κ1) is 45.0. The number of carboxylic acids is 1. The second kappa shape index (κ2) is 31.2. The van der Waals surface area contributed by atoms with Gasteiger partial charge >= 0.3 is 25.7 Å². The van der Waals surface area contributed by atoms with Crippen molar-refractivity contribution in [3.63, 3.8) is 0 Å². The van der Waals surface area contributed by atoms with E-state index in [1.54, 1.807) is 12.2 Å². The third-order valence-electron chi connectivity index (χ3n) is 7.56. The van der Waals surface area contributed by atoms with Crippen molar-refractivity contribution in [1.29, 1.82) is 0 Å². The predicted molar refractivity (Wildman–Crippen MR) is 185 cm³/mol. The molecule has 0 bridgehead atoms. The molecule has 0 fully saturated rings. The molecule has 274 valence electrons. The summed E-state index contributed by atoms with van der Waals surface area (Å²) in [7, 11) is -4.72. The van der Waals surface area contributed by atoms with Crippen molar-refractivity contribution in [2.24, 2.45) is 5.73 Å². The molecule has 11 nitrogen and oxygen atoms in total. The minimum atomic E-state index is -4.72. The molecule has 0 saturated carbocycles. The van der Waals surface area contributed by atoms with Crippen LogP contribution in [-0.4, -0.2) is 59.9 Å². The summed E-state index contributed by atoms with van der Waals surface area (Å²) in [5.74, 6) is -2.64. The molecule has 0 aromatic carbocycles. The SMILES string of the molecule is CCCCCCCCCCCCC/C=C/C=C/C(=O)OC[C@@H](COP(=O)(O)OC[C@@H](N)C(=O)O)OC(=O)CCCCCCCCCC. The number of rotatable bonds is 33. The zero-order valence-corrected chi connectivity index (χ0v) is 30.0. The van der Waals surface area contributed by atoms with E-state index >= 15 is 0 Å². The smallest absolute Gasteiger partial charge is 0.472 e. The van der Waals surface area contributed by atoms with Gasteiger partial charge < -0.3 is 25.2 Å². The number of carbonyl (C=O) groups excluding carboxylic acids is 2. The van der Waals surface area contributed by atoms with Gasteiger partial charge in [-0.1, -0.05) is 141 Å². The van der Waals surface area contributed by atoms with Gasteiger partial charge in [0.05, 0.1) is 13.2 Å². The Bertz CT molecular complexity index is 911. The van der Waals surface area contributed by atoms with E-state index in [-0.39, 0.29) is 6.42 Å². The highest BCUT2D eigenvalue weighted by Crippen LogP contribution is 2.43. The van der Waals surface area contributed by atoms with Gasteiger partial charge in [0.2, 0.25) is 0 Å². The maximum atomic E-state index is 12.4. The van der Waals surface area contributed by atoms with Gasteiger partial charge in [0, 0.05) is 12.5 Å². The second-order valence-corrected chi connectivity index (χ2v) is 13.5. The van der Waals surface area contributed by atoms with Crippen LogP contribution >= 0.6 is 7.82 Å². The van der Waals surface area contributed by atoms with Crippen molar-refractivity contribution in [2.45, 2.75) is 161 Å². The Morgan fingerprint density at radius 3 is 1.72 bits per heavy atom. The molecule has 0 rings (SSSR count). The van der Waals surface area contributed by atoms with Crippen molar-refractivity contribution in [1.82, 2.24) is 0 Å². The zero-order chi connectivity index (χ0) is 35.0. The third kappa shape index (κ3) is 31.0. The molecule has 0 amide bonds. The Balaban J connectivity index is 4.53. The second-order valence-electron chi connectivity index (χ2n) is 12.1. The lowest BCUT2D eigenvalue weighted by Gasteiger charge is -2.20. The highest BCUT2D eigenvalue weighted by atomic mass is 31.2. The lowest BCUT2D eigenvalue weighted by molar-refractivity contribution is -0.159. The Kier molecular flexibility index (Phi) is 29.9. The molecule has 47 heavy (non-hydrogen) atoms. The molecule has 0 saturated heterocycles. The van der Waals surface area contributed by atoms with Gasteiger partial charge in [-0.15, -0.1) is 0 Å². The average molecular weight is 690 g/mol. The number of allylic oxidation sites excluding steroid dienone is 3. The summed E-state index contributed by atoms with van der Waals surface area (Å²) in [5.41, 5.74) is 5.29. The summed E-state index contributed by atoms with van der Waals surface area (Å²) in [4.78, 5) is 45.4. The molecular weight excluding hydrogens is 625 g/mol. The van der Waals surface area contributed by atoms with Gasteiger partial charge in [0.25, 0.3) is 0 Å². The summed E-state index contributed by atoms with van der Waals surface area (Å²) in [6.07, 6.45) is 29.1. The molecule has 0 aliphatic rings. The molecule has 0 radical (unpaired) electrons. The highest BCUT2D eigenvalue weighted by molar-refractivity contribution is 7.47. The number of aliphatic carboxylic acids is 1. The zero-order valence-electron chi connectivity index (χ0n) is 29.1. The summed E-state index contributed by atoms with van der Waals surface area (Å²) >= 11 is 0. The van der Waals surface area contributed by atoms with Crippen LogP contribution in [0.4, 0.5) is 0 Å². The van der Waals surface area contributed by atoms with Crippen molar-refractivity contribution < 1.29 is 47.5 Å². The number of hydrogen-bond acceptors (Lipinski definition) is 9. The third-order valence-corrected chi connectivity index (χ3v) is 8.51. The number of carbonyl (C=O) groups is 3. The number of esters is 2. The topological polar surface area (TPSA) is 172 Å². The number of carboxylic acid groups (broad SMARTS) is 1. The Morgan fingerprint density at radius 2 is 1.19 bits per heavy atom. The Labute approximate surface area is 283 Å². The van der Waals surface area contributed by atoms with Crippen LogP contribution in [0.1, 0.15) is 149 Å². The first-order chi connectivity index (χ1) is 22.6. The minimum absolute atomic E-state index is 0.143. The summed E-state index contributed by atoms with van der Waals surface area (Å²) in [6.45, 7) is 2.61. The molecule has 0 heterocycles. The van der Waals surface area contributed by atoms with E-state index < -0.39 is 57.7 Å². The van der Waals surface area contributed by atoms with Crippen LogP contribution in [0.3, 0.4) is 0 Å². The normalized spacial score (nSPS) is 14.3. The number of phosphoric ester groups is 1. The van der Waals surface area contributed by atoms with Crippen LogP contribution in [0, 0.1) is 0 Å². The van der Waals surface area contributed by atoms with Crippen LogP contribution < -0.4 is 5.73 Å². The molecule has 0 aliphatic heterocycles. The van der Waals surface area contributed by atoms with E-state index in [0.717, 1.165) is 32.1 Å². The molecular formula is C35H64NO10P. The first-order valence-corrected chi connectivity index (χ1v) is 19.4. The monoisotopic (exact) mass is 689 g/mol. The summed E-state index contributed by atoms with van der Waals surface area (Å²) in [6, 6.07) is -1.53. The summed E-state index contributed by atoms with van der Waals surface area (Å²) in [5, 5.41) is 8.82. The lowest BCUT2D eigenvalue weighted by Crippen LogP contribution is -2.34.